The van der Waals surface area contributed by atoms with E-state index in [2.05, 4.69) is 10.5 Å². The van der Waals surface area contributed by atoms with Crippen molar-refractivity contribution in [2.45, 2.75) is 20.3 Å². The molecule has 0 spiro atoms. The Morgan fingerprint density at radius 3 is 2.45 bits per heavy atom. The van der Waals surface area contributed by atoms with Crippen molar-refractivity contribution in [3.05, 3.63) is 23.8 Å². The zero-order valence-electron chi connectivity index (χ0n) is 12.2. The molecule has 6 heteroatoms. The van der Waals surface area contributed by atoms with Crippen molar-refractivity contribution in [3.8, 4) is 11.5 Å². The Kier molecular flexibility index (Phi) is 6.36. The fourth-order valence-electron chi connectivity index (χ4n) is 1.64. The molecule has 0 saturated heterocycles. The summed E-state index contributed by atoms with van der Waals surface area (Å²) in [5.74, 6) is 1.26. The Morgan fingerprint density at radius 1 is 1.20 bits per heavy atom. The minimum Gasteiger partial charge on any atom is -0.493 e. The molecule has 0 fully saturated rings. The van der Waals surface area contributed by atoms with Gasteiger partial charge < -0.3 is 14.2 Å². The first-order valence-electron chi connectivity index (χ1n) is 6.37. The number of rotatable bonds is 6. The third-order valence-corrected chi connectivity index (χ3v) is 2.61. The molecule has 0 aliphatic heterocycles. The van der Waals surface area contributed by atoms with E-state index in [0.717, 1.165) is 11.3 Å². The lowest BCUT2D eigenvalue weighted by molar-refractivity contribution is 0.152. The summed E-state index contributed by atoms with van der Waals surface area (Å²) in [6, 6.07) is 5.47. The minimum absolute atomic E-state index is 0.305. The molecule has 0 atom stereocenters. The van der Waals surface area contributed by atoms with Crippen LogP contribution in [-0.4, -0.2) is 32.6 Å². The standard InChI is InChI=1S/C14H20N2O4/c1-5-11(15-16-14(17)20-6-2)10-7-8-12(18-3)13(9-10)19-4/h7-9H,5-6H2,1-4H3,(H,16,17)/b15-11+. The Labute approximate surface area is 118 Å². The summed E-state index contributed by atoms with van der Waals surface area (Å²) >= 11 is 0. The fraction of sp³-hybridized carbons (Fsp3) is 0.429. The largest absolute Gasteiger partial charge is 0.493 e. The number of ether oxygens (including phenoxy) is 3. The molecule has 0 aliphatic rings. The van der Waals surface area contributed by atoms with E-state index in [1.54, 1.807) is 27.2 Å². The smallest absolute Gasteiger partial charge is 0.427 e. The Balaban J connectivity index is 2.94. The molecule has 110 valence electrons. The van der Waals surface area contributed by atoms with E-state index in [4.69, 9.17) is 14.2 Å². The molecule has 0 saturated carbocycles. The lowest BCUT2D eigenvalue weighted by Crippen LogP contribution is -2.20. The highest BCUT2D eigenvalue weighted by Crippen LogP contribution is 2.28. The highest BCUT2D eigenvalue weighted by atomic mass is 16.5. The first kappa shape index (κ1) is 15.8. The molecule has 0 radical (unpaired) electrons. The molecule has 1 amide bonds. The Morgan fingerprint density at radius 2 is 1.90 bits per heavy atom. The predicted molar refractivity (Wildman–Crippen MR) is 76.5 cm³/mol. The van der Waals surface area contributed by atoms with Gasteiger partial charge in [0.05, 0.1) is 26.5 Å². The van der Waals surface area contributed by atoms with Crippen LogP contribution in [0.25, 0.3) is 0 Å². The van der Waals surface area contributed by atoms with Crippen molar-refractivity contribution < 1.29 is 19.0 Å². The maximum atomic E-state index is 11.2. The van der Waals surface area contributed by atoms with Crippen LogP contribution in [0.4, 0.5) is 4.79 Å². The first-order chi connectivity index (χ1) is 9.65. The summed E-state index contributed by atoms with van der Waals surface area (Å²) in [5.41, 5.74) is 3.92. The molecule has 0 aromatic heterocycles. The number of hydrogen-bond donors (Lipinski definition) is 1. The quantitative estimate of drug-likeness (QED) is 0.642. The topological polar surface area (TPSA) is 69.2 Å². The molecule has 1 aromatic rings. The van der Waals surface area contributed by atoms with Gasteiger partial charge in [0.2, 0.25) is 0 Å². The second-order valence-electron chi connectivity index (χ2n) is 3.81. The maximum absolute atomic E-state index is 11.2. The van der Waals surface area contributed by atoms with Gasteiger partial charge in [0.25, 0.3) is 0 Å². The van der Waals surface area contributed by atoms with Crippen molar-refractivity contribution in [2.24, 2.45) is 5.10 Å². The average Bonchev–Trinajstić information content (AvgIpc) is 2.47. The van der Waals surface area contributed by atoms with Crippen molar-refractivity contribution in [1.29, 1.82) is 0 Å². The zero-order valence-corrected chi connectivity index (χ0v) is 12.2. The van der Waals surface area contributed by atoms with E-state index in [0.29, 0.717) is 24.5 Å². The number of nitrogens with one attached hydrogen (secondary N) is 1. The molecule has 20 heavy (non-hydrogen) atoms. The van der Waals surface area contributed by atoms with E-state index < -0.39 is 6.09 Å². The van der Waals surface area contributed by atoms with Crippen molar-refractivity contribution in [2.75, 3.05) is 20.8 Å². The molecule has 1 aromatic carbocycles. The number of benzene rings is 1. The number of hydrogen-bond acceptors (Lipinski definition) is 5. The third-order valence-electron chi connectivity index (χ3n) is 2.61. The van der Waals surface area contributed by atoms with Gasteiger partial charge in [-0.1, -0.05) is 6.92 Å². The number of carbonyl (C=O) groups is 1. The van der Waals surface area contributed by atoms with E-state index in [9.17, 15) is 4.79 Å². The van der Waals surface area contributed by atoms with Gasteiger partial charge in [-0.15, -0.1) is 0 Å². The number of carbonyl (C=O) groups excluding carboxylic acids is 1. The van der Waals surface area contributed by atoms with Crippen LogP contribution in [-0.2, 0) is 4.74 Å². The Bertz CT molecular complexity index is 486. The van der Waals surface area contributed by atoms with Crippen molar-refractivity contribution >= 4 is 11.8 Å². The summed E-state index contributed by atoms with van der Waals surface area (Å²) in [4.78, 5) is 11.2. The molecule has 0 bridgehead atoms. The lowest BCUT2D eigenvalue weighted by atomic mass is 10.1. The van der Waals surface area contributed by atoms with Crippen LogP contribution in [0, 0.1) is 0 Å². The predicted octanol–water partition coefficient (Wildman–Crippen LogP) is 2.56. The minimum atomic E-state index is -0.570. The fourth-order valence-corrected chi connectivity index (χ4v) is 1.64. The van der Waals surface area contributed by atoms with E-state index in [-0.39, 0.29) is 0 Å². The summed E-state index contributed by atoms with van der Waals surface area (Å²) in [6.07, 6.45) is 0.0842. The number of nitrogens with zero attached hydrogens (tertiary/aromatic N) is 1. The summed E-state index contributed by atoms with van der Waals surface area (Å²) in [6.45, 7) is 3.99. The molecular weight excluding hydrogens is 260 g/mol. The van der Waals surface area contributed by atoms with Crippen LogP contribution < -0.4 is 14.9 Å². The van der Waals surface area contributed by atoms with Gasteiger partial charge in [0, 0.05) is 5.56 Å². The highest BCUT2D eigenvalue weighted by Gasteiger charge is 2.09. The molecule has 0 heterocycles. The van der Waals surface area contributed by atoms with Gasteiger partial charge in [-0.3, -0.25) is 0 Å². The second kappa shape index (κ2) is 8.04. The molecular formula is C14H20N2O4. The van der Waals surface area contributed by atoms with Crippen LogP contribution in [0.3, 0.4) is 0 Å². The number of methoxy groups -OCH3 is 2. The Hall–Kier alpha value is -2.24. The van der Waals surface area contributed by atoms with Gasteiger partial charge in [0.1, 0.15) is 0 Å². The van der Waals surface area contributed by atoms with Gasteiger partial charge in [-0.2, -0.15) is 5.10 Å². The van der Waals surface area contributed by atoms with E-state index in [1.807, 2.05) is 19.1 Å². The number of hydrazone groups is 1. The molecule has 0 unspecified atom stereocenters. The molecule has 1 N–H and O–H groups in total. The van der Waals surface area contributed by atoms with Crippen molar-refractivity contribution in [1.82, 2.24) is 5.43 Å². The van der Waals surface area contributed by atoms with Crippen LogP contribution in [0.15, 0.2) is 23.3 Å². The summed E-state index contributed by atoms with van der Waals surface area (Å²) in [5, 5.41) is 4.06. The lowest BCUT2D eigenvalue weighted by Gasteiger charge is -2.10. The zero-order chi connectivity index (χ0) is 15.0. The van der Waals surface area contributed by atoms with Crippen LogP contribution in [0.5, 0.6) is 11.5 Å². The van der Waals surface area contributed by atoms with E-state index >= 15 is 0 Å². The monoisotopic (exact) mass is 280 g/mol. The third kappa shape index (κ3) is 4.15. The molecule has 0 aliphatic carbocycles. The van der Waals surface area contributed by atoms with Crippen LogP contribution in [0.2, 0.25) is 0 Å². The number of amides is 1. The van der Waals surface area contributed by atoms with E-state index in [1.165, 1.54) is 0 Å². The SMILES string of the molecule is CCOC(=O)N/N=C(\CC)c1ccc(OC)c(OC)c1. The summed E-state index contributed by atoms with van der Waals surface area (Å²) < 4.78 is 15.2. The second-order valence-corrected chi connectivity index (χ2v) is 3.81. The maximum Gasteiger partial charge on any atom is 0.427 e. The van der Waals surface area contributed by atoms with Crippen LogP contribution in [0.1, 0.15) is 25.8 Å². The van der Waals surface area contributed by atoms with Gasteiger partial charge in [0.15, 0.2) is 11.5 Å². The highest BCUT2D eigenvalue weighted by molar-refractivity contribution is 6.01. The van der Waals surface area contributed by atoms with Crippen molar-refractivity contribution in [3.63, 3.8) is 0 Å². The molecule has 1 rings (SSSR count). The average molecular weight is 280 g/mol. The van der Waals surface area contributed by atoms with Gasteiger partial charge in [-0.25, -0.2) is 10.2 Å². The normalized spacial score (nSPS) is 10.9. The first-order valence-corrected chi connectivity index (χ1v) is 6.37. The molecule has 6 nitrogen and oxygen atoms in total. The van der Waals surface area contributed by atoms with Gasteiger partial charge >= 0.3 is 6.09 Å². The van der Waals surface area contributed by atoms with Gasteiger partial charge in [-0.05, 0) is 31.5 Å². The summed E-state index contributed by atoms with van der Waals surface area (Å²) in [7, 11) is 3.15. The van der Waals surface area contributed by atoms with Crippen LogP contribution >= 0.6 is 0 Å².